The second-order valence-corrected chi connectivity index (χ2v) is 2.28. The van der Waals surface area contributed by atoms with Crippen molar-refractivity contribution in [3.05, 3.63) is 0 Å². The van der Waals surface area contributed by atoms with Gasteiger partial charge in [0.2, 0.25) is 0 Å². The SMILES string of the molecule is CCCC(F)(F)OCCCF. The van der Waals surface area contributed by atoms with E-state index in [4.69, 9.17) is 0 Å². The van der Waals surface area contributed by atoms with E-state index in [2.05, 4.69) is 4.74 Å². The van der Waals surface area contributed by atoms with Crippen molar-refractivity contribution in [2.75, 3.05) is 13.3 Å². The van der Waals surface area contributed by atoms with Crippen molar-refractivity contribution >= 4 is 0 Å². The summed E-state index contributed by atoms with van der Waals surface area (Å²) in [5, 5.41) is 0. The molecule has 0 aromatic heterocycles. The molecule has 0 radical (unpaired) electrons. The number of hydrogen-bond donors (Lipinski definition) is 0. The summed E-state index contributed by atoms with van der Waals surface area (Å²) in [5.41, 5.74) is 0. The van der Waals surface area contributed by atoms with Crippen molar-refractivity contribution in [1.29, 1.82) is 0 Å². The lowest BCUT2D eigenvalue weighted by molar-refractivity contribution is -0.242. The largest absolute Gasteiger partial charge is 0.355 e. The summed E-state index contributed by atoms with van der Waals surface area (Å²) in [6.07, 6.45) is -2.95. The van der Waals surface area contributed by atoms with Gasteiger partial charge in [-0.3, -0.25) is 4.39 Å². The molecule has 0 aliphatic rings. The number of halogens is 3. The van der Waals surface area contributed by atoms with Crippen LogP contribution in [0.25, 0.3) is 0 Å². The van der Waals surface area contributed by atoms with E-state index in [9.17, 15) is 13.2 Å². The average molecular weight is 170 g/mol. The van der Waals surface area contributed by atoms with E-state index in [0.29, 0.717) is 6.42 Å². The average Bonchev–Trinajstić information content (AvgIpc) is 1.87. The maximum Gasteiger partial charge on any atom is 0.355 e. The van der Waals surface area contributed by atoms with Gasteiger partial charge in [-0.25, -0.2) is 0 Å². The molecule has 0 amide bonds. The highest BCUT2D eigenvalue weighted by Crippen LogP contribution is 2.21. The van der Waals surface area contributed by atoms with Crippen molar-refractivity contribution in [2.45, 2.75) is 32.3 Å². The monoisotopic (exact) mass is 170 g/mol. The third kappa shape index (κ3) is 6.16. The van der Waals surface area contributed by atoms with Crippen LogP contribution in [0.5, 0.6) is 0 Å². The van der Waals surface area contributed by atoms with Crippen molar-refractivity contribution in [1.82, 2.24) is 0 Å². The minimum absolute atomic E-state index is 0.0410. The van der Waals surface area contributed by atoms with Crippen molar-refractivity contribution in [2.24, 2.45) is 0 Å². The summed E-state index contributed by atoms with van der Waals surface area (Å²) in [6.45, 7) is 0.831. The first-order chi connectivity index (χ1) is 5.12. The van der Waals surface area contributed by atoms with Gasteiger partial charge in [-0.2, -0.15) is 8.78 Å². The summed E-state index contributed by atoms with van der Waals surface area (Å²) in [4.78, 5) is 0. The van der Waals surface area contributed by atoms with Crippen LogP contribution in [0.4, 0.5) is 13.2 Å². The molecule has 0 saturated carbocycles. The predicted molar refractivity (Wildman–Crippen MR) is 36.4 cm³/mol. The summed E-state index contributed by atoms with van der Waals surface area (Å²) in [5.74, 6) is 0. The highest BCUT2D eigenvalue weighted by Gasteiger charge is 2.27. The molecule has 0 unspecified atom stereocenters. The van der Waals surface area contributed by atoms with E-state index in [1.807, 2.05) is 0 Å². The van der Waals surface area contributed by atoms with Crippen LogP contribution >= 0.6 is 0 Å². The minimum Gasteiger partial charge on any atom is -0.320 e. The fourth-order valence-electron chi connectivity index (χ4n) is 0.639. The molecule has 0 spiro atoms. The Balaban J connectivity index is 3.38. The molecule has 68 valence electrons. The fraction of sp³-hybridized carbons (Fsp3) is 1.00. The third-order valence-electron chi connectivity index (χ3n) is 1.13. The first kappa shape index (κ1) is 10.8. The van der Waals surface area contributed by atoms with Crippen LogP contribution in [-0.2, 0) is 4.74 Å². The Kier molecular flexibility index (Phi) is 5.28. The molecule has 0 aliphatic carbocycles. The summed E-state index contributed by atoms with van der Waals surface area (Å²) >= 11 is 0. The summed E-state index contributed by atoms with van der Waals surface area (Å²) < 4.78 is 40.4. The molecule has 0 rings (SSSR count). The van der Waals surface area contributed by atoms with Gasteiger partial charge in [0.05, 0.1) is 13.3 Å². The second-order valence-electron chi connectivity index (χ2n) is 2.28. The van der Waals surface area contributed by atoms with E-state index in [1.54, 1.807) is 6.92 Å². The zero-order chi connectivity index (χ0) is 8.74. The van der Waals surface area contributed by atoms with Gasteiger partial charge in [0, 0.05) is 6.42 Å². The zero-order valence-corrected chi connectivity index (χ0v) is 6.58. The van der Waals surface area contributed by atoms with Crippen LogP contribution in [0.1, 0.15) is 26.2 Å². The van der Waals surface area contributed by atoms with Crippen LogP contribution in [-0.4, -0.2) is 19.4 Å². The van der Waals surface area contributed by atoms with Crippen molar-refractivity contribution in [3.8, 4) is 0 Å². The smallest absolute Gasteiger partial charge is 0.320 e. The van der Waals surface area contributed by atoms with Crippen molar-refractivity contribution < 1.29 is 17.9 Å². The molecule has 0 atom stereocenters. The van der Waals surface area contributed by atoms with E-state index in [1.165, 1.54) is 0 Å². The van der Waals surface area contributed by atoms with Crippen LogP contribution in [0.2, 0.25) is 0 Å². The van der Waals surface area contributed by atoms with Gasteiger partial charge in [-0.15, -0.1) is 0 Å². The van der Waals surface area contributed by atoms with Gasteiger partial charge in [-0.05, 0) is 12.8 Å². The quantitative estimate of drug-likeness (QED) is 0.557. The van der Waals surface area contributed by atoms with E-state index >= 15 is 0 Å². The maximum absolute atomic E-state index is 12.4. The molecule has 0 aliphatic heterocycles. The second kappa shape index (κ2) is 5.41. The number of ether oxygens (including phenoxy) is 1. The maximum atomic E-state index is 12.4. The number of alkyl halides is 3. The Morgan fingerprint density at radius 1 is 1.36 bits per heavy atom. The third-order valence-corrected chi connectivity index (χ3v) is 1.13. The van der Waals surface area contributed by atoms with Crippen LogP contribution in [0, 0.1) is 0 Å². The molecule has 0 fully saturated rings. The lowest BCUT2D eigenvalue weighted by atomic mass is 10.3. The predicted octanol–water partition coefficient (Wildman–Crippen LogP) is 2.76. The fourth-order valence-corrected chi connectivity index (χ4v) is 0.639. The van der Waals surface area contributed by atoms with Gasteiger partial charge >= 0.3 is 6.11 Å². The van der Waals surface area contributed by atoms with E-state index < -0.39 is 12.8 Å². The molecule has 0 bridgehead atoms. The number of rotatable bonds is 6. The molecular formula is C7H13F3O. The Hall–Kier alpha value is -0.250. The minimum atomic E-state index is -3.07. The molecule has 0 aromatic rings. The molecule has 0 saturated heterocycles. The van der Waals surface area contributed by atoms with Gasteiger partial charge in [0.15, 0.2) is 0 Å². The van der Waals surface area contributed by atoms with E-state index in [0.717, 1.165) is 0 Å². The number of hydrogen-bond acceptors (Lipinski definition) is 1. The van der Waals surface area contributed by atoms with E-state index in [-0.39, 0.29) is 19.4 Å². The molecule has 0 heterocycles. The Bertz CT molecular complexity index is 95.7. The molecular weight excluding hydrogens is 157 g/mol. The standard InChI is InChI=1S/C7H13F3O/c1-2-4-7(9,10)11-6-3-5-8/h2-6H2,1H3. The lowest BCUT2D eigenvalue weighted by Crippen LogP contribution is -2.21. The lowest BCUT2D eigenvalue weighted by Gasteiger charge is -2.14. The molecule has 0 aromatic carbocycles. The van der Waals surface area contributed by atoms with Gasteiger partial charge in [-0.1, -0.05) is 6.92 Å². The molecule has 11 heavy (non-hydrogen) atoms. The van der Waals surface area contributed by atoms with Gasteiger partial charge in [0.1, 0.15) is 0 Å². The van der Waals surface area contributed by atoms with Gasteiger partial charge in [0.25, 0.3) is 0 Å². The van der Waals surface area contributed by atoms with Crippen molar-refractivity contribution in [3.63, 3.8) is 0 Å². The zero-order valence-electron chi connectivity index (χ0n) is 6.58. The molecule has 1 nitrogen and oxygen atoms in total. The Morgan fingerprint density at radius 3 is 2.45 bits per heavy atom. The van der Waals surface area contributed by atoms with Crippen LogP contribution in [0.15, 0.2) is 0 Å². The summed E-state index contributed by atoms with van der Waals surface area (Å²) in [6, 6.07) is 0. The molecule has 4 heteroatoms. The highest BCUT2D eigenvalue weighted by molar-refractivity contribution is 4.50. The van der Waals surface area contributed by atoms with Gasteiger partial charge < -0.3 is 4.74 Å². The van der Waals surface area contributed by atoms with Crippen LogP contribution < -0.4 is 0 Å². The van der Waals surface area contributed by atoms with Crippen LogP contribution in [0.3, 0.4) is 0 Å². The summed E-state index contributed by atoms with van der Waals surface area (Å²) in [7, 11) is 0. The first-order valence-electron chi connectivity index (χ1n) is 3.70. The first-order valence-corrected chi connectivity index (χ1v) is 3.70. The molecule has 0 N–H and O–H groups in total. The Labute approximate surface area is 64.5 Å². The highest BCUT2D eigenvalue weighted by atomic mass is 19.3. The topological polar surface area (TPSA) is 9.23 Å². The normalized spacial score (nSPS) is 12.0. The Morgan fingerprint density at radius 2 is 2.00 bits per heavy atom.